The van der Waals surface area contributed by atoms with Crippen LogP contribution < -0.4 is 0 Å². The van der Waals surface area contributed by atoms with Gasteiger partial charge in [0.1, 0.15) is 12.5 Å². The van der Waals surface area contributed by atoms with E-state index in [0.717, 1.165) is 0 Å². The van der Waals surface area contributed by atoms with Crippen LogP contribution in [0.5, 0.6) is 0 Å². The molecule has 2 aliphatic rings. The summed E-state index contributed by atoms with van der Waals surface area (Å²) < 4.78 is 0.557. The minimum absolute atomic E-state index is 0.00211. The summed E-state index contributed by atoms with van der Waals surface area (Å²) in [4.78, 5) is 29.0. The minimum Gasteiger partial charge on any atom is -0.477 e. The van der Waals surface area contributed by atoms with E-state index in [4.69, 9.17) is 0 Å². The first-order valence-electron chi connectivity index (χ1n) is 5.82. The summed E-state index contributed by atoms with van der Waals surface area (Å²) in [6.45, 7) is 1.54. The van der Waals surface area contributed by atoms with Crippen LogP contribution in [-0.4, -0.2) is 57.5 Å². The molecule has 7 nitrogen and oxygen atoms in total. The van der Waals surface area contributed by atoms with Crippen LogP contribution in [0.2, 0.25) is 0 Å². The number of thioether (sulfide) groups is 2. The van der Waals surface area contributed by atoms with E-state index < -0.39 is 18.0 Å². The highest BCUT2D eigenvalue weighted by molar-refractivity contribution is 8.23. The van der Waals surface area contributed by atoms with Gasteiger partial charge in [0.05, 0.1) is 22.5 Å². The zero-order chi connectivity index (χ0) is 14.9. The van der Waals surface area contributed by atoms with Gasteiger partial charge in [-0.2, -0.15) is 0 Å². The zero-order valence-corrected chi connectivity index (χ0v) is 12.5. The van der Waals surface area contributed by atoms with Crippen molar-refractivity contribution < 1.29 is 24.6 Å². The van der Waals surface area contributed by atoms with Crippen molar-refractivity contribution in [2.45, 2.75) is 18.4 Å². The van der Waals surface area contributed by atoms with Crippen LogP contribution in [0.15, 0.2) is 15.1 Å². The van der Waals surface area contributed by atoms with Gasteiger partial charge in [0, 0.05) is 5.75 Å². The van der Waals surface area contributed by atoms with Crippen LogP contribution in [0, 0.1) is 5.92 Å². The molecule has 20 heavy (non-hydrogen) atoms. The van der Waals surface area contributed by atoms with Crippen LogP contribution >= 0.6 is 23.5 Å². The molecule has 1 saturated heterocycles. The highest BCUT2D eigenvalue weighted by Crippen LogP contribution is 2.53. The maximum Gasteiger partial charge on any atom is 0.354 e. The molecule has 9 heteroatoms. The van der Waals surface area contributed by atoms with Gasteiger partial charge in [-0.25, -0.2) is 4.79 Å². The van der Waals surface area contributed by atoms with E-state index in [1.165, 1.54) is 48.7 Å². The maximum absolute atomic E-state index is 11.9. The Labute approximate surface area is 124 Å². The number of oxime groups is 1. The second-order valence-electron chi connectivity index (χ2n) is 4.21. The standard InChI is InChI=1S/C11H14N2O5S2/c1-5(14)6-8(15)13-7(10(16)17)11(20-9(6)13)19-4-3-12-18-2/h3,5-6,9,14H,4H2,1-2H3,(H,16,17)/t5?,6?,9-/m1/s1. The molecule has 0 aliphatic carbocycles. The van der Waals surface area contributed by atoms with E-state index in [1.807, 2.05) is 0 Å². The van der Waals surface area contributed by atoms with Crippen molar-refractivity contribution in [1.29, 1.82) is 0 Å². The summed E-state index contributed by atoms with van der Waals surface area (Å²) in [6.07, 6.45) is 0.729. The Kier molecular flexibility index (Phi) is 4.61. The number of carboxylic acid groups (broad SMARTS) is 1. The average molecular weight is 318 g/mol. The summed E-state index contributed by atoms with van der Waals surface area (Å²) in [6, 6.07) is 0. The largest absolute Gasteiger partial charge is 0.477 e. The lowest BCUT2D eigenvalue weighted by Gasteiger charge is -2.43. The zero-order valence-electron chi connectivity index (χ0n) is 10.8. The molecule has 0 radical (unpaired) electrons. The van der Waals surface area contributed by atoms with E-state index in [9.17, 15) is 19.8 Å². The maximum atomic E-state index is 11.9. The average Bonchev–Trinajstić information content (AvgIpc) is 2.69. The number of aliphatic hydroxyl groups is 1. The summed E-state index contributed by atoms with van der Waals surface area (Å²) in [5.41, 5.74) is -0.00211. The lowest BCUT2D eigenvalue weighted by Crippen LogP contribution is -2.60. The smallest absolute Gasteiger partial charge is 0.354 e. The van der Waals surface area contributed by atoms with Gasteiger partial charge in [-0.05, 0) is 6.92 Å². The number of hydrogen-bond donors (Lipinski definition) is 2. The van der Waals surface area contributed by atoms with Crippen molar-refractivity contribution >= 4 is 41.6 Å². The van der Waals surface area contributed by atoms with E-state index in [0.29, 0.717) is 9.99 Å². The molecule has 2 aliphatic heterocycles. The van der Waals surface area contributed by atoms with Gasteiger partial charge in [-0.1, -0.05) is 16.9 Å². The molecule has 0 spiro atoms. The first kappa shape index (κ1) is 15.2. The fraction of sp³-hybridized carbons (Fsp3) is 0.545. The number of aliphatic hydroxyl groups excluding tert-OH is 1. The van der Waals surface area contributed by atoms with Crippen molar-refractivity contribution in [1.82, 2.24) is 4.90 Å². The summed E-state index contributed by atoms with van der Waals surface area (Å²) in [5.74, 6) is -1.57. The third-order valence-electron chi connectivity index (χ3n) is 2.94. The number of aliphatic carboxylic acids is 1. The molecule has 110 valence electrons. The van der Waals surface area contributed by atoms with Gasteiger partial charge < -0.3 is 15.1 Å². The van der Waals surface area contributed by atoms with Crippen molar-refractivity contribution in [2.24, 2.45) is 11.1 Å². The molecule has 2 N–H and O–H groups in total. The Bertz CT molecular complexity index is 491. The van der Waals surface area contributed by atoms with Gasteiger partial charge in [-0.15, -0.1) is 11.8 Å². The molecular formula is C11H14N2O5S2. The number of rotatable bonds is 6. The fourth-order valence-electron chi connectivity index (χ4n) is 2.07. The molecule has 3 atom stereocenters. The fourth-order valence-corrected chi connectivity index (χ4v) is 4.77. The highest BCUT2D eigenvalue weighted by atomic mass is 32.2. The van der Waals surface area contributed by atoms with Crippen molar-refractivity contribution in [3.63, 3.8) is 0 Å². The SMILES string of the molecule is CON=CCSC1=C(C(=O)O)N2C(=O)C(C(C)O)[C@H]2S1. The highest BCUT2D eigenvalue weighted by Gasteiger charge is 2.57. The predicted molar refractivity (Wildman–Crippen MR) is 76.0 cm³/mol. The molecule has 2 unspecified atom stereocenters. The number of fused-ring (bicyclic) bond motifs is 1. The van der Waals surface area contributed by atoms with E-state index >= 15 is 0 Å². The lowest BCUT2D eigenvalue weighted by atomic mass is 9.92. The number of carbonyl (C=O) groups excluding carboxylic acids is 1. The Morgan fingerprint density at radius 2 is 2.40 bits per heavy atom. The number of β-lactam (4-membered cyclic amide) rings is 1. The van der Waals surface area contributed by atoms with Crippen LogP contribution in [0.25, 0.3) is 0 Å². The molecule has 0 saturated carbocycles. The molecule has 0 aromatic carbocycles. The monoisotopic (exact) mass is 318 g/mol. The number of hydrogen-bond acceptors (Lipinski definition) is 7. The Balaban J connectivity index is 2.13. The first-order chi connectivity index (χ1) is 9.49. The quantitative estimate of drug-likeness (QED) is 0.418. The molecule has 1 fully saturated rings. The third-order valence-corrected chi connectivity index (χ3v) is 5.50. The van der Waals surface area contributed by atoms with Gasteiger partial charge in [0.15, 0.2) is 5.70 Å². The van der Waals surface area contributed by atoms with Crippen LogP contribution in [-0.2, 0) is 14.4 Å². The normalized spacial score (nSPS) is 26.8. The molecular weight excluding hydrogens is 304 g/mol. The Hall–Kier alpha value is -1.19. The Morgan fingerprint density at radius 3 is 2.95 bits per heavy atom. The molecule has 1 amide bonds. The summed E-state index contributed by atoms with van der Waals surface area (Å²) in [7, 11) is 1.42. The van der Waals surface area contributed by atoms with Crippen molar-refractivity contribution in [2.75, 3.05) is 12.9 Å². The number of amides is 1. The minimum atomic E-state index is -1.14. The van der Waals surface area contributed by atoms with Gasteiger partial charge in [-0.3, -0.25) is 9.69 Å². The van der Waals surface area contributed by atoms with Crippen LogP contribution in [0.1, 0.15) is 6.92 Å². The van der Waals surface area contributed by atoms with Crippen molar-refractivity contribution in [3.8, 4) is 0 Å². The van der Waals surface area contributed by atoms with E-state index in [2.05, 4.69) is 9.99 Å². The third kappa shape index (κ3) is 2.52. The van der Waals surface area contributed by atoms with Gasteiger partial charge >= 0.3 is 5.97 Å². The molecule has 0 bridgehead atoms. The predicted octanol–water partition coefficient (Wildman–Crippen LogP) is 0.518. The van der Waals surface area contributed by atoms with Crippen molar-refractivity contribution in [3.05, 3.63) is 9.93 Å². The summed E-state index contributed by atoms with van der Waals surface area (Å²) in [5, 5.41) is 22.1. The molecule has 2 heterocycles. The number of carbonyl (C=O) groups is 2. The molecule has 0 aromatic heterocycles. The second-order valence-corrected chi connectivity index (χ2v) is 6.62. The molecule has 0 aromatic rings. The summed E-state index contributed by atoms with van der Waals surface area (Å²) >= 11 is 2.58. The van der Waals surface area contributed by atoms with Gasteiger partial charge in [0.25, 0.3) is 0 Å². The van der Waals surface area contributed by atoms with Gasteiger partial charge in [0.2, 0.25) is 5.91 Å². The van der Waals surface area contributed by atoms with Crippen LogP contribution in [0.4, 0.5) is 0 Å². The molecule has 2 rings (SSSR count). The van der Waals surface area contributed by atoms with E-state index in [-0.39, 0.29) is 17.0 Å². The first-order valence-corrected chi connectivity index (χ1v) is 7.68. The topological polar surface area (TPSA) is 99.4 Å². The Morgan fingerprint density at radius 1 is 1.70 bits per heavy atom. The number of nitrogens with zero attached hydrogens (tertiary/aromatic N) is 2. The second kappa shape index (κ2) is 6.06. The van der Waals surface area contributed by atoms with E-state index in [1.54, 1.807) is 0 Å². The van der Waals surface area contributed by atoms with Crippen LogP contribution in [0.3, 0.4) is 0 Å². The number of carboxylic acids is 1. The lowest BCUT2D eigenvalue weighted by molar-refractivity contribution is -0.156.